The molecule has 2 rings (SSSR count). The van der Waals surface area contributed by atoms with E-state index in [1.54, 1.807) is 32.3 Å². The summed E-state index contributed by atoms with van der Waals surface area (Å²) in [6, 6.07) is 6.36. The summed E-state index contributed by atoms with van der Waals surface area (Å²) in [7, 11) is 4.81. The second-order valence-corrected chi connectivity index (χ2v) is 5.24. The van der Waals surface area contributed by atoms with Gasteiger partial charge < -0.3 is 19.9 Å². The molecule has 2 N–H and O–H groups in total. The Morgan fingerprint density at radius 2 is 2.00 bits per heavy atom. The second kappa shape index (κ2) is 6.53. The predicted octanol–water partition coefficient (Wildman–Crippen LogP) is 2.63. The predicted molar refractivity (Wildman–Crippen MR) is 84.8 cm³/mol. The highest BCUT2D eigenvalue weighted by Gasteiger charge is 2.15. The topological polar surface area (TPSA) is 74.4 Å². The Morgan fingerprint density at radius 1 is 1.27 bits per heavy atom. The third-order valence-electron chi connectivity index (χ3n) is 2.99. The van der Waals surface area contributed by atoms with E-state index in [1.807, 2.05) is 0 Å². The summed E-state index contributed by atoms with van der Waals surface area (Å²) in [4.78, 5) is 28.4. The van der Waals surface area contributed by atoms with Gasteiger partial charge >= 0.3 is 0 Å². The van der Waals surface area contributed by atoms with Gasteiger partial charge in [0, 0.05) is 25.9 Å². The van der Waals surface area contributed by atoms with Crippen molar-refractivity contribution in [3.8, 4) is 5.75 Å². The molecule has 1 aromatic heterocycles. The third-order valence-corrected chi connectivity index (χ3v) is 3.21. The Labute approximate surface area is 133 Å². The molecular weight excluding hydrogens is 306 g/mol. The fourth-order valence-corrected chi connectivity index (χ4v) is 2.05. The van der Waals surface area contributed by atoms with Crippen molar-refractivity contribution in [1.29, 1.82) is 0 Å². The summed E-state index contributed by atoms with van der Waals surface area (Å²) in [5.41, 5.74) is 1.17. The van der Waals surface area contributed by atoms with Crippen LogP contribution >= 0.6 is 11.6 Å². The van der Waals surface area contributed by atoms with Gasteiger partial charge in [-0.15, -0.1) is 0 Å². The van der Waals surface area contributed by atoms with Crippen LogP contribution in [0.15, 0.2) is 30.5 Å². The van der Waals surface area contributed by atoms with Gasteiger partial charge in [-0.3, -0.25) is 9.59 Å². The summed E-state index contributed by atoms with van der Waals surface area (Å²) in [5.74, 6) is -0.0815. The zero-order valence-electron chi connectivity index (χ0n) is 12.4. The highest BCUT2D eigenvalue weighted by Crippen LogP contribution is 2.26. The molecular formula is C15H16ClN3O3. The minimum Gasteiger partial charge on any atom is -0.495 e. The molecule has 116 valence electrons. The largest absolute Gasteiger partial charge is 0.495 e. The first-order chi connectivity index (χ1) is 10.4. The summed E-state index contributed by atoms with van der Waals surface area (Å²) in [6.45, 7) is 0. The van der Waals surface area contributed by atoms with Crippen LogP contribution in [0, 0.1) is 0 Å². The first-order valence-electron chi connectivity index (χ1n) is 6.47. The normalized spacial score (nSPS) is 10.2. The van der Waals surface area contributed by atoms with Crippen molar-refractivity contribution in [1.82, 2.24) is 9.88 Å². The van der Waals surface area contributed by atoms with E-state index in [0.29, 0.717) is 27.7 Å². The highest BCUT2D eigenvalue weighted by molar-refractivity contribution is 6.31. The number of nitrogens with one attached hydrogen (secondary N) is 2. The van der Waals surface area contributed by atoms with Crippen LogP contribution in [0.25, 0.3) is 0 Å². The molecule has 0 fully saturated rings. The molecule has 7 heteroatoms. The number of methoxy groups -OCH3 is 1. The number of aromatic nitrogens is 1. The number of hydrogen-bond acceptors (Lipinski definition) is 3. The second-order valence-electron chi connectivity index (χ2n) is 4.80. The molecule has 0 aliphatic carbocycles. The molecule has 6 nitrogen and oxygen atoms in total. The molecule has 0 atom stereocenters. The van der Waals surface area contributed by atoms with Gasteiger partial charge in [0.1, 0.15) is 11.4 Å². The maximum absolute atomic E-state index is 12.2. The van der Waals surface area contributed by atoms with E-state index in [2.05, 4.69) is 10.3 Å². The molecule has 1 aromatic carbocycles. The van der Waals surface area contributed by atoms with E-state index in [1.165, 1.54) is 24.3 Å². The minimum atomic E-state index is -0.375. The van der Waals surface area contributed by atoms with Gasteiger partial charge in [-0.2, -0.15) is 0 Å². The molecule has 22 heavy (non-hydrogen) atoms. The Hall–Kier alpha value is -2.47. The Morgan fingerprint density at radius 3 is 2.55 bits per heavy atom. The number of nitrogens with zero attached hydrogens (tertiary/aromatic N) is 1. The first kappa shape index (κ1) is 15.9. The average molecular weight is 322 g/mol. The van der Waals surface area contributed by atoms with Crippen LogP contribution in [0.2, 0.25) is 5.02 Å². The number of rotatable bonds is 4. The van der Waals surface area contributed by atoms with Gasteiger partial charge in [0.05, 0.1) is 17.8 Å². The first-order valence-corrected chi connectivity index (χ1v) is 6.85. The van der Waals surface area contributed by atoms with Crippen molar-refractivity contribution in [2.75, 3.05) is 26.5 Å². The lowest BCUT2D eigenvalue weighted by atomic mass is 10.1. The molecule has 0 saturated carbocycles. The van der Waals surface area contributed by atoms with Gasteiger partial charge in [0.15, 0.2) is 0 Å². The standard InChI is InChI=1S/C15H16ClN3O3/c1-19(2)15(21)9-4-5-13(22-3)11(6-9)18-14(20)12-7-10(16)8-17-12/h4-8,17H,1-3H3,(H,18,20). The maximum Gasteiger partial charge on any atom is 0.272 e. The van der Waals surface area contributed by atoms with Crippen molar-refractivity contribution in [3.05, 3.63) is 46.7 Å². The summed E-state index contributed by atoms with van der Waals surface area (Å²) in [5, 5.41) is 3.14. The van der Waals surface area contributed by atoms with Crippen LogP contribution in [-0.4, -0.2) is 42.9 Å². The molecule has 0 unspecified atom stereocenters. The van der Waals surface area contributed by atoms with Crippen molar-refractivity contribution >= 4 is 29.1 Å². The van der Waals surface area contributed by atoms with Crippen molar-refractivity contribution in [2.45, 2.75) is 0 Å². The van der Waals surface area contributed by atoms with Crippen molar-refractivity contribution in [2.24, 2.45) is 0 Å². The van der Waals surface area contributed by atoms with E-state index in [4.69, 9.17) is 16.3 Å². The van der Waals surface area contributed by atoms with Gasteiger partial charge in [0.25, 0.3) is 11.8 Å². The highest BCUT2D eigenvalue weighted by atomic mass is 35.5. The summed E-state index contributed by atoms with van der Waals surface area (Å²) < 4.78 is 5.21. The van der Waals surface area contributed by atoms with E-state index >= 15 is 0 Å². The molecule has 2 aromatic rings. The molecule has 0 saturated heterocycles. The Bertz CT molecular complexity index is 710. The van der Waals surface area contributed by atoms with E-state index in [-0.39, 0.29) is 11.8 Å². The molecule has 0 bridgehead atoms. The SMILES string of the molecule is COc1ccc(C(=O)N(C)C)cc1NC(=O)c1cc(Cl)c[nH]1. The number of carbonyl (C=O) groups is 2. The average Bonchev–Trinajstić information content (AvgIpc) is 2.93. The fraction of sp³-hybridized carbons (Fsp3) is 0.200. The summed E-state index contributed by atoms with van der Waals surface area (Å²) >= 11 is 5.78. The van der Waals surface area contributed by atoms with Crippen LogP contribution in [0.3, 0.4) is 0 Å². The van der Waals surface area contributed by atoms with E-state index in [0.717, 1.165) is 0 Å². The molecule has 1 heterocycles. The molecule has 0 radical (unpaired) electrons. The third kappa shape index (κ3) is 3.40. The van der Waals surface area contributed by atoms with Crippen LogP contribution < -0.4 is 10.1 Å². The van der Waals surface area contributed by atoms with E-state index < -0.39 is 0 Å². The van der Waals surface area contributed by atoms with Crippen LogP contribution in [0.4, 0.5) is 5.69 Å². The molecule has 0 spiro atoms. The number of amides is 2. The minimum absolute atomic E-state index is 0.166. The number of halogens is 1. The van der Waals surface area contributed by atoms with Gasteiger partial charge in [-0.05, 0) is 24.3 Å². The lowest BCUT2D eigenvalue weighted by Crippen LogP contribution is -2.22. The molecule has 0 aliphatic heterocycles. The van der Waals surface area contributed by atoms with Crippen molar-refractivity contribution in [3.63, 3.8) is 0 Å². The number of aromatic amines is 1. The van der Waals surface area contributed by atoms with Gasteiger partial charge in [-0.25, -0.2) is 0 Å². The van der Waals surface area contributed by atoms with Crippen LogP contribution in [-0.2, 0) is 0 Å². The van der Waals surface area contributed by atoms with Gasteiger partial charge in [0.2, 0.25) is 0 Å². The number of hydrogen-bond donors (Lipinski definition) is 2. The molecule has 2 amide bonds. The number of anilines is 1. The smallest absolute Gasteiger partial charge is 0.272 e. The van der Waals surface area contributed by atoms with Crippen LogP contribution in [0.1, 0.15) is 20.8 Å². The zero-order chi connectivity index (χ0) is 16.3. The van der Waals surface area contributed by atoms with Gasteiger partial charge in [-0.1, -0.05) is 11.6 Å². The summed E-state index contributed by atoms with van der Waals surface area (Å²) in [6.07, 6.45) is 1.51. The quantitative estimate of drug-likeness (QED) is 0.909. The van der Waals surface area contributed by atoms with Crippen LogP contribution in [0.5, 0.6) is 5.75 Å². The number of ether oxygens (including phenoxy) is 1. The number of benzene rings is 1. The van der Waals surface area contributed by atoms with E-state index in [9.17, 15) is 9.59 Å². The fourth-order valence-electron chi connectivity index (χ4n) is 1.89. The lowest BCUT2D eigenvalue weighted by Gasteiger charge is -2.14. The maximum atomic E-state index is 12.2. The number of carbonyl (C=O) groups excluding carboxylic acids is 2. The monoisotopic (exact) mass is 321 g/mol. The molecule has 0 aliphatic rings. The number of H-pyrrole nitrogens is 1. The Kier molecular flexibility index (Phi) is 4.72. The zero-order valence-corrected chi connectivity index (χ0v) is 13.2. The lowest BCUT2D eigenvalue weighted by molar-refractivity contribution is 0.0827. The van der Waals surface area contributed by atoms with Crippen molar-refractivity contribution < 1.29 is 14.3 Å². The Balaban J connectivity index is 2.30.